The molecule has 0 aliphatic carbocycles. The number of methoxy groups -OCH3 is 1. The van der Waals surface area contributed by atoms with E-state index < -0.39 is 0 Å². The number of hydrogen-bond acceptors (Lipinski definition) is 7. The number of ether oxygens (including phenoxy) is 2. The lowest BCUT2D eigenvalue weighted by molar-refractivity contribution is -0.116. The fraction of sp³-hybridized carbons (Fsp3) is 0.238. The zero-order valence-corrected chi connectivity index (χ0v) is 17.3. The molecular weight excluding hydrogens is 408 g/mol. The zero-order chi connectivity index (χ0) is 21.3. The van der Waals surface area contributed by atoms with Gasteiger partial charge in [0.05, 0.1) is 25.3 Å². The molecule has 0 bridgehead atoms. The van der Waals surface area contributed by atoms with Gasteiger partial charge < -0.3 is 19.3 Å². The molecule has 1 N–H and O–H groups in total. The van der Waals surface area contributed by atoms with Crippen molar-refractivity contribution >= 4 is 23.6 Å². The van der Waals surface area contributed by atoms with E-state index in [1.54, 1.807) is 42.7 Å². The third-order valence-electron chi connectivity index (χ3n) is 3.95. The van der Waals surface area contributed by atoms with Gasteiger partial charge in [-0.25, -0.2) is 0 Å². The Morgan fingerprint density at radius 3 is 2.83 bits per heavy atom. The summed E-state index contributed by atoms with van der Waals surface area (Å²) in [6.07, 6.45) is 7.15. The summed E-state index contributed by atoms with van der Waals surface area (Å²) < 4.78 is 16.1. The molecule has 30 heavy (non-hydrogen) atoms. The number of halogens is 1. The summed E-state index contributed by atoms with van der Waals surface area (Å²) in [5, 5.41) is 7.00. The minimum absolute atomic E-state index is 0.106. The predicted molar refractivity (Wildman–Crippen MR) is 112 cm³/mol. The lowest BCUT2D eigenvalue weighted by Gasteiger charge is -2.12. The van der Waals surface area contributed by atoms with Crippen LogP contribution in [0.25, 0.3) is 17.5 Å². The molecule has 8 nitrogen and oxygen atoms in total. The van der Waals surface area contributed by atoms with Crippen molar-refractivity contribution < 1.29 is 18.8 Å². The first-order chi connectivity index (χ1) is 14.6. The molecule has 0 aliphatic rings. The number of amides is 1. The van der Waals surface area contributed by atoms with Gasteiger partial charge in [-0.2, -0.15) is 4.98 Å². The van der Waals surface area contributed by atoms with Crippen molar-refractivity contribution in [3.63, 3.8) is 0 Å². The molecule has 2 aromatic heterocycles. The summed E-state index contributed by atoms with van der Waals surface area (Å²) in [6.45, 7) is 2.64. The number of benzene rings is 1. The van der Waals surface area contributed by atoms with Crippen molar-refractivity contribution in [1.29, 1.82) is 0 Å². The second-order valence-corrected chi connectivity index (χ2v) is 6.59. The van der Waals surface area contributed by atoms with E-state index in [9.17, 15) is 4.79 Å². The maximum atomic E-state index is 12.1. The average Bonchev–Trinajstić information content (AvgIpc) is 3.25. The summed E-state index contributed by atoms with van der Waals surface area (Å²) in [6, 6.07) is 7.00. The first-order valence-corrected chi connectivity index (χ1v) is 9.67. The van der Waals surface area contributed by atoms with Gasteiger partial charge in [0.15, 0.2) is 11.5 Å². The molecule has 0 saturated heterocycles. The first kappa shape index (κ1) is 21.3. The van der Waals surface area contributed by atoms with Crippen LogP contribution in [0, 0.1) is 0 Å². The minimum Gasteiger partial charge on any atom is -0.493 e. The van der Waals surface area contributed by atoms with Crippen LogP contribution >= 0.6 is 11.6 Å². The topological polar surface area (TPSA) is 99.4 Å². The van der Waals surface area contributed by atoms with Crippen LogP contribution in [0.3, 0.4) is 0 Å². The number of carbonyl (C=O) groups is 1. The Morgan fingerprint density at radius 2 is 2.10 bits per heavy atom. The minimum atomic E-state index is -0.319. The van der Waals surface area contributed by atoms with E-state index in [4.69, 9.17) is 25.6 Å². The predicted octanol–water partition coefficient (Wildman–Crippen LogP) is 3.91. The molecule has 0 radical (unpaired) electrons. The standard InChI is InChI=1S/C21H21ClN4O4/c1-3-10-29-20-16(22)11-14(12-17(20)28-2)4-5-18(27)24-13-19-25-21(26-30-19)15-6-8-23-9-7-15/h4-9,11-12H,3,10,13H2,1-2H3,(H,24,27)/b5-4+. The van der Waals surface area contributed by atoms with Crippen molar-refractivity contribution in [1.82, 2.24) is 20.4 Å². The third kappa shape index (κ3) is 5.57. The van der Waals surface area contributed by atoms with Gasteiger partial charge in [-0.15, -0.1) is 0 Å². The number of carbonyl (C=O) groups excluding carboxylic acids is 1. The Morgan fingerprint density at radius 1 is 1.30 bits per heavy atom. The average molecular weight is 429 g/mol. The van der Waals surface area contributed by atoms with E-state index in [1.165, 1.54) is 13.2 Å². The number of nitrogens with zero attached hydrogens (tertiary/aromatic N) is 3. The highest BCUT2D eigenvalue weighted by atomic mass is 35.5. The highest BCUT2D eigenvalue weighted by molar-refractivity contribution is 6.32. The van der Waals surface area contributed by atoms with Crippen LogP contribution in [0.15, 0.2) is 47.3 Å². The van der Waals surface area contributed by atoms with Crippen LogP contribution in [-0.2, 0) is 11.3 Å². The Bertz CT molecular complexity index is 1020. The third-order valence-corrected chi connectivity index (χ3v) is 4.23. The summed E-state index contributed by atoms with van der Waals surface area (Å²) in [7, 11) is 1.54. The number of pyridine rings is 1. The molecule has 1 amide bonds. The smallest absolute Gasteiger partial charge is 0.246 e. The summed E-state index contributed by atoms with van der Waals surface area (Å²) in [5.74, 6) is 1.41. The van der Waals surface area contributed by atoms with Gasteiger partial charge in [0.2, 0.25) is 17.6 Å². The molecule has 3 aromatic rings. The number of rotatable bonds is 9. The maximum Gasteiger partial charge on any atom is 0.246 e. The summed E-state index contributed by atoms with van der Waals surface area (Å²) >= 11 is 6.29. The molecule has 0 unspecified atom stereocenters. The van der Waals surface area contributed by atoms with Crippen LogP contribution in [0.4, 0.5) is 0 Å². The monoisotopic (exact) mass is 428 g/mol. The van der Waals surface area contributed by atoms with Crippen LogP contribution in [-0.4, -0.2) is 34.7 Å². The first-order valence-electron chi connectivity index (χ1n) is 9.30. The molecule has 9 heteroatoms. The summed E-state index contributed by atoms with van der Waals surface area (Å²) in [4.78, 5) is 20.3. The van der Waals surface area contributed by atoms with Crippen molar-refractivity contribution in [2.45, 2.75) is 19.9 Å². The zero-order valence-electron chi connectivity index (χ0n) is 16.6. The van der Waals surface area contributed by atoms with E-state index in [1.807, 2.05) is 6.92 Å². The van der Waals surface area contributed by atoms with Crippen LogP contribution < -0.4 is 14.8 Å². The van der Waals surface area contributed by atoms with Gasteiger partial charge in [0, 0.05) is 24.0 Å². The van der Waals surface area contributed by atoms with E-state index in [0.717, 1.165) is 12.0 Å². The molecule has 0 fully saturated rings. The normalized spacial score (nSPS) is 10.9. The highest BCUT2D eigenvalue weighted by Gasteiger charge is 2.12. The van der Waals surface area contributed by atoms with Crippen molar-refractivity contribution in [3.05, 3.63) is 59.2 Å². The van der Waals surface area contributed by atoms with Crippen molar-refractivity contribution in [2.75, 3.05) is 13.7 Å². The van der Waals surface area contributed by atoms with Gasteiger partial charge in [0.1, 0.15) is 0 Å². The largest absolute Gasteiger partial charge is 0.493 e. The van der Waals surface area contributed by atoms with Gasteiger partial charge in [-0.3, -0.25) is 9.78 Å². The molecule has 0 atom stereocenters. The van der Waals surface area contributed by atoms with Crippen LogP contribution in [0.5, 0.6) is 11.5 Å². The maximum absolute atomic E-state index is 12.1. The molecule has 3 rings (SSSR count). The SMILES string of the molecule is CCCOc1c(Cl)cc(/C=C/C(=O)NCc2nc(-c3ccncc3)no2)cc1OC. The van der Waals surface area contributed by atoms with E-state index in [2.05, 4.69) is 20.4 Å². The molecule has 0 spiro atoms. The molecular formula is C21H21ClN4O4. The molecule has 1 aromatic carbocycles. The molecule has 0 aliphatic heterocycles. The Balaban J connectivity index is 1.60. The lowest BCUT2D eigenvalue weighted by atomic mass is 10.2. The number of hydrogen-bond donors (Lipinski definition) is 1. The van der Waals surface area contributed by atoms with E-state index >= 15 is 0 Å². The highest BCUT2D eigenvalue weighted by Crippen LogP contribution is 2.36. The Kier molecular flexibility index (Phi) is 7.40. The fourth-order valence-corrected chi connectivity index (χ4v) is 2.79. The fourth-order valence-electron chi connectivity index (χ4n) is 2.52. The van der Waals surface area contributed by atoms with Crippen molar-refractivity contribution in [3.8, 4) is 22.9 Å². The van der Waals surface area contributed by atoms with Gasteiger partial charge in [-0.05, 0) is 42.3 Å². The van der Waals surface area contributed by atoms with E-state index in [-0.39, 0.29) is 12.5 Å². The Hall–Kier alpha value is -3.39. The Labute approximate surface area is 178 Å². The quantitative estimate of drug-likeness (QED) is 0.515. The van der Waals surface area contributed by atoms with Crippen molar-refractivity contribution in [2.24, 2.45) is 0 Å². The molecule has 0 saturated carbocycles. The van der Waals surface area contributed by atoms with E-state index in [0.29, 0.717) is 40.4 Å². The molecule has 2 heterocycles. The van der Waals surface area contributed by atoms with Gasteiger partial charge >= 0.3 is 0 Å². The lowest BCUT2D eigenvalue weighted by Crippen LogP contribution is -2.20. The molecule has 156 valence electrons. The van der Waals surface area contributed by atoms with Gasteiger partial charge in [0.25, 0.3) is 0 Å². The number of aromatic nitrogens is 3. The number of nitrogens with one attached hydrogen (secondary N) is 1. The van der Waals surface area contributed by atoms with Crippen LogP contribution in [0.2, 0.25) is 5.02 Å². The van der Waals surface area contributed by atoms with Crippen LogP contribution in [0.1, 0.15) is 24.8 Å². The van der Waals surface area contributed by atoms with Gasteiger partial charge in [-0.1, -0.05) is 23.7 Å². The second-order valence-electron chi connectivity index (χ2n) is 6.18. The second kappa shape index (κ2) is 10.4. The summed E-state index contributed by atoms with van der Waals surface area (Å²) in [5.41, 5.74) is 1.48.